The summed E-state index contributed by atoms with van der Waals surface area (Å²) in [5.41, 5.74) is -0.799. The first-order valence-electron chi connectivity index (χ1n) is 6.04. The summed E-state index contributed by atoms with van der Waals surface area (Å²) in [6, 6.07) is 3.79. The highest BCUT2D eigenvalue weighted by Crippen LogP contribution is 2.32. The summed E-state index contributed by atoms with van der Waals surface area (Å²) in [5.74, 6) is 0. The molecule has 0 fully saturated rings. The topological polar surface area (TPSA) is 61.2 Å². The summed E-state index contributed by atoms with van der Waals surface area (Å²) < 4.78 is 63.9. The standard InChI is InChI=1S/C13H15F3N2O2S/c1-9-4-5-11(13(14,15)16)8-12(9)21(19,20)18(3)10(2)6-7-17/h4-5,8,10H,6H2,1-3H3. The fourth-order valence-electron chi connectivity index (χ4n) is 1.71. The van der Waals surface area contributed by atoms with Crippen molar-refractivity contribution >= 4 is 10.0 Å². The predicted octanol–water partition coefficient (Wildman–Crippen LogP) is 2.94. The number of aryl methyl sites for hydroxylation is 1. The number of hydrogen-bond donors (Lipinski definition) is 0. The molecule has 21 heavy (non-hydrogen) atoms. The number of sulfonamides is 1. The van der Waals surface area contributed by atoms with Crippen molar-refractivity contribution in [1.82, 2.24) is 4.31 Å². The fourth-order valence-corrected chi connectivity index (χ4v) is 3.32. The maximum Gasteiger partial charge on any atom is 0.416 e. The molecule has 0 aromatic heterocycles. The van der Waals surface area contributed by atoms with Crippen molar-refractivity contribution in [2.45, 2.75) is 37.4 Å². The second-order valence-electron chi connectivity index (χ2n) is 4.71. The van der Waals surface area contributed by atoms with Crippen LogP contribution in [0.4, 0.5) is 13.2 Å². The highest BCUT2D eigenvalue weighted by atomic mass is 32.2. The van der Waals surface area contributed by atoms with Gasteiger partial charge in [-0.3, -0.25) is 0 Å². The molecule has 1 rings (SSSR count). The smallest absolute Gasteiger partial charge is 0.207 e. The second kappa shape index (κ2) is 6.03. The summed E-state index contributed by atoms with van der Waals surface area (Å²) in [5, 5.41) is 8.61. The van der Waals surface area contributed by atoms with Crippen molar-refractivity contribution in [1.29, 1.82) is 5.26 Å². The molecular formula is C13H15F3N2O2S. The Hall–Kier alpha value is -1.59. The first-order chi connectivity index (χ1) is 9.51. The third-order valence-corrected chi connectivity index (χ3v) is 5.29. The molecule has 0 saturated carbocycles. The Bertz CT molecular complexity index is 663. The van der Waals surface area contributed by atoms with Crippen LogP contribution in [0.25, 0.3) is 0 Å². The minimum Gasteiger partial charge on any atom is -0.207 e. The van der Waals surface area contributed by atoms with Crippen molar-refractivity contribution in [3.05, 3.63) is 29.3 Å². The molecule has 1 aromatic rings. The van der Waals surface area contributed by atoms with Crippen LogP contribution in [-0.2, 0) is 16.2 Å². The van der Waals surface area contributed by atoms with E-state index in [0.29, 0.717) is 6.07 Å². The van der Waals surface area contributed by atoms with Gasteiger partial charge in [0.1, 0.15) is 0 Å². The van der Waals surface area contributed by atoms with E-state index in [1.165, 1.54) is 20.9 Å². The van der Waals surface area contributed by atoms with Gasteiger partial charge in [0.05, 0.1) is 22.9 Å². The molecule has 1 aromatic carbocycles. The molecule has 0 spiro atoms. The summed E-state index contributed by atoms with van der Waals surface area (Å²) in [6.07, 6.45) is -4.66. The Labute approximate surface area is 121 Å². The molecule has 4 nitrogen and oxygen atoms in total. The van der Waals surface area contributed by atoms with Crippen molar-refractivity contribution in [3.63, 3.8) is 0 Å². The van der Waals surface area contributed by atoms with Gasteiger partial charge in [-0.25, -0.2) is 8.42 Å². The molecule has 0 aliphatic heterocycles. The van der Waals surface area contributed by atoms with Crippen molar-refractivity contribution in [2.75, 3.05) is 7.05 Å². The van der Waals surface area contributed by atoms with Gasteiger partial charge in [-0.2, -0.15) is 22.7 Å². The lowest BCUT2D eigenvalue weighted by Crippen LogP contribution is -2.35. The second-order valence-corrected chi connectivity index (χ2v) is 6.68. The number of hydrogen-bond acceptors (Lipinski definition) is 3. The number of halogens is 3. The van der Waals surface area contributed by atoms with Gasteiger partial charge in [-0.15, -0.1) is 0 Å². The first kappa shape index (κ1) is 17.5. The SMILES string of the molecule is Cc1ccc(C(F)(F)F)cc1S(=O)(=O)N(C)C(C)CC#N. The van der Waals surface area contributed by atoms with E-state index >= 15 is 0 Å². The van der Waals surface area contributed by atoms with E-state index in [-0.39, 0.29) is 12.0 Å². The lowest BCUT2D eigenvalue weighted by molar-refractivity contribution is -0.137. The average Bonchev–Trinajstić information content (AvgIpc) is 2.36. The maximum atomic E-state index is 12.7. The lowest BCUT2D eigenvalue weighted by Gasteiger charge is -2.23. The van der Waals surface area contributed by atoms with Gasteiger partial charge in [0, 0.05) is 13.1 Å². The van der Waals surface area contributed by atoms with Crippen LogP contribution in [0.1, 0.15) is 24.5 Å². The van der Waals surface area contributed by atoms with Crippen molar-refractivity contribution in [2.24, 2.45) is 0 Å². The zero-order valence-corrected chi connectivity index (χ0v) is 12.6. The average molecular weight is 320 g/mol. The van der Waals surface area contributed by atoms with Crippen LogP contribution in [0.15, 0.2) is 23.1 Å². The monoisotopic (exact) mass is 320 g/mol. The molecule has 1 atom stereocenters. The van der Waals surface area contributed by atoms with Gasteiger partial charge in [0.2, 0.25) is 10.0 Å². The van der Waals surface area contributed by atoms with Gasteiger partial charge < -0.3 is 0 Å². The van der Waals surface area contributed by atoms with Crippen LogP contribution in [0, 0.1) is 18.3 Å². The van der Waals surface area contributed by atoms with Crippen LogP contribution in [0.2, 0.25) is 0 Å². The van der Waals surface area contributed by atoms with E-state index < -0.39 is 32.7 Å². The molecule has 0 aliphatic carbocycles. The fraction of sp³-hybridized carbons (Fsp3) is 0.462. The van der Waals surface area contributed by atoms with E-state index in [9.17, 15) is 21.6 Å². The molecular weight excluding hydrogens is 305 g/mol. The number of nitriles is 1. The summed E-state index contributed by atoms with van der Waals surface area (Å²) in [7, 11) is -2.84. The predicted molar refractivity (Wildman–Crippen MR) is 70.8 cm³/mol. The molecule has 0 N–H and O–H groups in total. The summed E-state index contributed by atoms with van der Waals surface area (Å²) in [6.45, 7) is 2.94. The van der Waals surface area contributed by atoms with Gasteiger partial charge in [-0.1, -0.05) is 6.07 Å². The Morgan fingerprint density at radius 1 is 1.38 bits per heavy atom. The number of benzene rings is 1. The summed E-state index contributed by atoms with van der Waals surface area (Å²) >= 11 is 0. The molecule has 0 heterocycles. The van der Waals surface area contributed by atoms with Gasteiger partial charge in [0.25, 0.3) is 0 Å². The van der Waals surface area contributed by atoms with Crippen LogP contribution < -0.4 is 0 Å². The normalized spacial score (nSPS) is 14.0. The van der Waals surface area contributed by atoms with Gasteiger partial charge >= 0.3 is 6.18 Å². The zero-order valence-electron chi connectivity index (χ0n) is 11.8. The van der Waals surface area contributed by atoms with E-state index in [4.69, 9.17) is 5.26 Å². The van der Waals surface area contributed by atoms with Crippen LogP contribution >= 0.6 is 0 Å². The molecule has 0 bridgehead atoms. The van der Waals surface area contributed by atoms with E-state index in [1.807, 2.05) is 6.07 Å². The van der Waals surface area contributed by atoms with Crippen LogP contribution in [0.5, 0.6) is 0 Å². The van der Waals surface area contributed by atoms with E-state index in [1.54, 1.807) is 0 Å². The maximum absolute atomic E-state index is 12.7. The highest BCUT2D eigenvalue weighted by molar-refractivity contribution is 7.89. The number of alkyl halides is 3. The molecule has 0 radical (unpaired) electrons. The third kappa shape index (κ3) is 3.74. The van der Waals surface area contributed by atoms with Crippen LogP contribution in [-0.4, -0.2) is 25.8 Å². The largest absolute Gasteiger partial charge is 0.416 e. The molecule has 0 saturated heterocycles. The molecule has 1 unspecified atom stereocenters. The number of rotatable bonds is 4. The molecule has 0 amide bonds. The lowest BCUT2D eigenvalue weighted by atomic mass is 10.1. The quantitative estimate of drug-likeness (QED) is 0.857. The van der Waals surface area contributed by atoms with E-state index in [0.717, 1.165) is 16.4 Å². The van der Waals surface area contributed by atoms with Crippen molar-refractivity contribution < 1.29 is 21.6 Å². The van der Waals surface area contributed by atoms with Gasteiger partial charge in [0.15, 0.2) is 0 Å². The Kier molecular flexibility index (Phi) is 5.02. The molecule has 116 valence electrons. The molecule has 0 aliphatic rings. The van der Waals surface area contributed by atoms with Crippen LogP contribution in [0.3, 0.4) is 0 Å². The third-order valence-electron chi connectivity index (χ3n) is 3.18. The summed E-state index contributed by atoms with van der Waals surface area (Å²) in [4.78, 5) is -0.399. The number of nitrogens with zero attached hydrogens (tertiary/aromatic N) is 2. The first-order valence-corrected chi connectivity index (χ1v) is 7.48. The zero-order chi connectivity index (χ0) is 16.4. The van der Waals surface area contributed by atoms with E-state index in [2.05, 4.69) is 0 Å². The van der Waals surface area contributed by atoms with Crippen molar-refractivity contribution in [3.8, 4) is 6.07 Å². The Balaban J connectivity index is 3.35. The molecule has 8 heteroatoms. The minimum atomic E-state index is -4.62. The minimum absolute atomic E-state index is 0.0479. The van der Waals surface area contributed by atoms with Gasteiger partial charge in [-0.05, 0) is 31.5 Å². The Morgan fingerprint density at radius 3 is 2.43 bits per heavy atom. The Morgan fingerprint density at radius 2 is 1.95 bits per heavy atom. The highest BCUT2D eigenvalue weighted by Gasteiger charge is 2.34.